The van der Waals surface area contributed by atoms with E-state index in [4.69, 9.17) is 16.3 Å². The Morgan fingerprint density at radius 3 is 2.90 bits per heavy atom. The second-order valence-corrected chi connectivity index (χ2v) is 6.19. The zero-order valence-electron chi connectivity index (χ0n) is 12.1. The van der Waals surface area contributed by atoms with Crippen molar-refractivity contribution in [3.05, 3.63) is 29.6 Å². The third kappa shape index (κ3) is 2.76. The molecule has 0 bridgehead atoms. The maximum atomic E-state index is 9.25. The number of halogens is 1. The summed E-state index contributed by atoms with van der Waals surface area (Å²) in [6, 6.07) is 7.94. The topological polar surface area (TPSA) is 50.8 Å². The van der Waals surface area contributed by atoms with Crippen molar-refractivity contribution in [1.82, 2.24) is 9.55 Å². The highest BCUT2D eigenvalue weighted by Gasteiger charge is 2.21. The van der Waals surface area contributed by atoms with Gasteiger partial charge in [-0.05, 0) is 37.8 Å². The number of aromatic nitrogens is 2. The molecule has 0 radical (unpaired) electrons. The van der Waals surface area contributed by atoms with Crippen molar-refractivity contribution in [2.24, 2.45) is 5.92 Å². The minimum Gasteiger partial charge on any atom is -0.381 e. The van der Waals surface area contributed by atoms with Gasteiger partial charge in [-0.3, -0.25) is 0 Å². The predicted octanol–water partition coefficient (Wildman–Crippen LogP) is 3.63. The number of hydrogen-bond acceptors (Lipinski definition) is 3. The Bertz CT molecular complexity index is 681. The number of nitriles is 1. The number of hydrogen-bond donors (Lipinski definition) is 0. The first-order valence-electron chi connectivity index (χ1n) is 7.31. The Morgan fingerprint density at radius 2 is 2.24 bits per heavy atom. The van der Waals surface area contributed by atoms with E-state index in [1.807, 2.05) is 19.1 Å². The summed E-state index contributed by atoms with van der Waals surface area (Å²) in [7, 11) is 0. The van der Waals surface area contributed by atoms with Gasteiger partial charge >= 0.3 is 0 Å². The van der Waals surface area contributed by atoms with Crippen molar-refractivity contribution in [2.75, 3.05) is 13.2 Å². The number of rotatable bonds is 3. The molecule has 1 aliphatic heterocycles. The minimum atomic E-state index is -0.177. The van der Waals surface area contributed by atoms with Gasteiger partial charge in [0.15, 0.2) is 0 Å². The van der Waals surface area contributed by atoms with Crippen LogP contribution in [0.5, 0.6) is 0 Å². The van der Waals surface area contributed by atoms with Crippen LogP contribution in [0.15, 0.2) is 18.2 Å². The number of alkyl halides is 1. The number of ether oxygens (including phenoxy) is 1. The van der Waals surface area contributed by atoms with Crippen molar-refractivity contribution in [3.63, 3.8) is 0 Å². The first-order chi connectivity index (χ1) is 10.2. The van der Waals surface area contributed by atoms with Crippen molar-refractivity contribution in [1.29, 1.82) is 5.26 Å². The van der Waals surface area contributed by atoms with E-state index >= 15 is 0 Å². The monoisotopic (exact) mass is 303 g/mol. The summed E-state index contributed by atoms with van der Waals surface area (Å²) in [5.74, 6) is 1.43. The molecule has 110 valence electrons. The Labute approximate surface area is 129 Å². The van der Waals surface area contributed by atoms with Crippen LogP contribution in [0.25, 0.3) is 11.0 Å². The van der Waals surface area contributed by atoms with Crippen LogP contribution < -0.4 is 0 Å². The summed E-state index contributed by atoms with van der Waals surface area (Å²) < 4.78 is 7.61. The third-order valence-corrected chi connectivity index (χ3v) is 4.26. The van der Waals surface area contributed by atoms with Gasteiger partial charge in [-0.25, -0.2) is 4.98 Å². The van der Waals surface area contributed by atoms with Gasteiger partial charge in [0.1, 0.15) is 17.4 Å². The van der Waals surface area contributed by atoms with E-state index in [1.54, 1.807) is 6.07 Å². The standard InChI is InChI=1S/C16H18ClN3O/c1-11(17)16-19-15-13(9-18)3-2-4-14(15)20(16)10-12-5-7-21-8-6-12/h2-4,11-12H,5-8,10H2,1H3. The van der Waals surface area contributed by atoms with Gasteiger partial charge in [-0.2, -0.15) is 5.26 Å². The molecule has 4 nitrogen and oxygen atoms in total. The summed E-state index contributed by atoms with van der Waals surface area (Å²) in [5, 5.41) is 9.07. The van der Waals surface area contributed by atoms with Crippen molar-refractivity contribution >= 4 is 22.6 Å². The zero-order chi connectivity index (χ0) is 14.8. The van der Waals surface area contributed by atoms with E-state index < -0.39 is 0 Å². The molecule has 21 heavy (non-hydrogen) atoms. The molecule has 1 aromatic carbocycles. The fourth-order valence-corrected chi connectivity index (χ4v) is 3.10. The zero-order valence-corrected chi connectivity index (χ0v) is 12.8. The average Bonchev–Trinajstić information content (AvgIpc) is 2.87. The van der Waals surface area contributed by atoms with Crippen LogP contribution in [0.1, 0.15) is 36.5 Å². The molecule has 0 saturated carbocycles. The highest BCUT2D eigenvalue weighted by Crippen LogP contribution is 2.29. The first-order valence-corrected chi connectivity index (χ1v) is 7.75. The SMILES string of the molecule is CC(Cl)c1nc2c(C#N)cccc2n1CC1CCOCC1. The van der Waals surface area contributed by atoms with Crippen LogP contribution >= 0.6 is 11.6 Å². The molecule has 0 spiro atoms. The van der Waals surface area contributed by atoms with Gasteiger partial charge in [0.2, 0.25) is 0 Å². The lowest BCUT2D eigenvalue weighted by Crippen LogP contribution is -2.21. The van der Waals surface area contributed by atoms with Crippen LogP contribution in [-0.2, 0) is 11.3 Å². The average molecular weight is 304 g/mol. The van der Waals surface area contributed by atoms with E-state index in [2.05, 4.69) is 15.6 Å². The molecule has 2 aromatic rings. The largest absolute Gasteiger partial charge is 0.381 e. The molecule has 1 saturated heterocycles. The smallest absolute Gasteiger partial charge is 0.127 e. The summed E-state index contributed by atoms with van der Waals surface area (Å²) in [6.45, 7) is 4.47. The van der Waals surface area contributed by atoms with Gasteiger partial charge in [0.25, 0.3) is 0 Å². The highest BCUT2D eigenvalue weighted by molar-refractivity contribution is 6.20. The number of benzene rings is 1. The summed E-state index contributed by atoms with van der Waals surface area (Å²) in [4.78, 5) is 4.63. The molecular formula is C16H18ClN3O. The van der Waals surface area contributed by atoms with Gasteiger partial charge in [0, 0.05) is 19.8 Å². The van der Waals surface area contributed by atoms with Gasteiger partial charge in [-0.1, -0.05) is 6.07 Å². The van der Waals surface area contributed by atoms with E-state index in [9.17, 15) is 5.26 Å². The van der Waals surface area contributed by atoms with E-state index in [0.29, 0.717) is 11.5 Å². The highest BCUT2D eigenvalue weighted by atomic mass is 35.5. The molecule has 1 fully saturated rings. The van der Waals surface area contributed by atoms with Gasteiger partial charge in [-0.15, -0.1) is 11.6 Å². The van der Waals surface area contributed by atoms with Gasteiger partial charge in [0.05, 0.1) is 16.5 Å². The molecule has 3 rings (SSSR count). The lowest BCUT2D eigenvalue weighted by Gasteiger charge is -2.23. The second-order valence-electron chi connectivity index (χ2n) is 5.54. The van der Waals surface area contributed by atoms with Crippen LogP contribution in [-0.4, -0.2) is 22.8 Å². The molecular weight excluding hydrogens is 286 g/mol. The predicted molar refractivity (Wildman–Crippen MR) is 82.3 cm³/mol. The molecule has 0 aliphatic carbocycles. The molecule has 1 atom stereocenters. The minimum absolute atomic E-state index is 0.177. The van der Waals surface area contributed by atoms with Crippen molar-refractivity contribution in [2.45, 2.75) is 31.7 Å². The Morgan fingerprint density at radius 1 is 1.48 bits per heavy atom. The number of para-hydroxylation sites is 1. The fraction of sp³-hybridized carbons (Fsp3) is 0.500. The lowest BCUT2D eigenvalue weighted by atomic mass is 10.00. The van der Waals surface area contributed by atoms with E-state index in [0.717, 1.165) is 49.5 Å². The maximum Gasteiger partial charge on any atom is 0.127 e. The van der Waals surface area contributed by atoms with E-state index in [-0.39, 0.29) is 5.38 Å². The molecule has 0 amide bonds. The number of fused-ring (bicyclic) bond motifs is 1. The molecule has 2 heterocycles. The summed E-state index contributed by atoms with van der Waals surface area (Å²) in [6.07, 6.45) is 2.13. The first kappa shape index (κ1) is 14.4. The normalized spacial score (nSPS) is 17.8. The summed E-state index contributed by atoms with van der Waals surface area (Å²) >= 11 is 6.30. The Kier molecular flexibility index (Phi) is 4.14. The van der Waals surface area contributed by atoms with Crippen LogP contribution in [0.3, 0.4) is 0 Å². The van der Waals surface area contributed by atoms with Gasteiger partial charge < -0.3 is 9.30 Å². The third-order valence-electron chi connectivity index (χ3n) is 4.07. The lowest BCUT2D eigenvalue weighted by molar-refractivity contribution is 0.0613. The summed E-state index contributed by atoms with van der Waals surface area (Å²) in [5.41, 5.74) is 2.37. The molecule has 0 N–H and O–H groups in total. The molecule has 5 heteroatoms. The Hall–Kier alpha value is -1.57. The quantitative estimate of drug-likeness (QED) is 0.814. The Balaban J connectivity index is 2.06. The number of nitrogens with zero attached hydrogens (tertiary/aromatic N) is 3. The molecule has 1 unspecified atom stereocenters. The molecule has 1 aromatic heterocycles. The van der Waals surface area contributed by atoms with Crippen LogP contribution in [0.2, 0.25) is 0 Å². The van der Waals surface area contributed by atoms with Crippen LogP contribution in [0.4, 0.5) is 0 Å². The van der Waals surface area contributed by atoms with Crippen molar-refractivity contribution < 1.29 is 4.74 Å². The second kappa shape index (κ2) is 6.05. The maximum absolute atomic E-state index is 9.25. The molecule has 1 aliphatic rings. The van der Waals surface area contributed by atoms with Crippen LogP contribution in [0, 0.1) is 17.2 Å². The number of imidazole rings is 1. The van der Waals surface area contributed by atoms with Crippen molar-refractivity contribution in [3.8, 4) is 6.07 Å². The fourth-order valence-electron chi connectivity index (χ4n) is 2.94. The van der Waals surface area contributed by atoms with E-state index in [1.165, 1.54) is 0 Å².